The Kier molecular flexibility index (Phi) is 3.94. The zero-order chi connectivity index (χ0) is 17.8. The summed E-state index contributed by atoms with van der Waals surface area (Å²) in [6.45, 7) is 7.44. The van der Waals surface area contributed by atoms with Gasteiger partial charge < -0.3 is 10.2 Å². The molecule has 0 radical (unpaired) electrons. The molecule has 1 saturated heterocycles. The molecular formula is C22H26N2OS. The Morgan fingerprint density at radius 3 is 2.92 bits per heavy atom. The molecule has 1 N–H and O–H groups in total. The number of rotatable bonds is 1. The van der Waals surface area contributed by atoms with E-state index >= 15 is 0 Å². The Bertz CT molecular complexity index is 907. The molecule has 0 amide bonds. The Labute approximate surface area is 158 Å². The van der Waals surface area contributed by atoms with Gasteiger partial charge in [0.05, 0.1) is 5.75 Å². The lowest BCUT2D eigenvalue weighted by atomic mass is 9.87. The van der Waals surface area contributed by atoms with E-state index in [1.165, 1.54) is 45.5 Å². The van der Waals surface area contributed by atoms with Gasteiger partial charge in [-0.1, -0.05) is 23.8 Å². The fraction of sp³-hybridized carbons (Fsp3) is 0.455. The Hall–Kier alpha value is -1.65. The minimum atomic E-state index is -0.757. The van der Waals surface area contributed by atoms with Gasteiger partial charge in [-0.15, -0.1) is 0 Å². The lowest BCUT2D eigenvalue weighted by Gasteiger charge is -2.33. The highest BCUT2D eigenvalue weighted by molar-refractivity contribution is 7.84. The normalized spacial score (nSPS) is 27.0. The number of anilines is 1. The van der Waals surface area contributed by atoms with Crippen LogP contribution in [0, 0.1) is 13.8 Å². The summed E-state index contributed by atoms with van der Waals surface area (Å²) in [6, 6.07) is 12.0. The van der Waals surface area contributed by atoms with E-state index < -0.39 is 10.8 Å². The van der Waals surface area contributed by atoms with E-state index in [1.54, 1.807) is 0 Å². The van der Waals surface area contributed by atoms with Gasteiger partial charge in [0.1, 0.15) is 0 Å². The van der Waals surface area contributed by atoms with Crippen molar-refractivity contribution in [1.82, 2.24) is 5.32 Å². The lowest BCUT2D eigenvalue weighted by molar-refractivity contribution is 0.406. The van der Waals surface area contributed by atoms with Crippen LogP contribution in [0.4, 0.5) is 5.69 Å². The maximum atomic E-state index is 12.5. The standard InChI is InChI=1S/C22H26N2OS/c1-14-3-4-18(15(2)9-14)16-10-17-13-26(25)8-7-24-21-5-6-23-12-20(21)19(11-16)22(17)24/h3-4,9-11,20-21,23H,5-8,12-13H2,1-2H3/t20-,21-,26?/m0/s1. The van der Waals surface area contributed by atoms with Crippen LogP contribution in [-0.4, -0.2) is 35.6 Å². The van der Waals surface area contributed by atoms with Crippen molar-refractivity contribution in [2.24, 2.45) is 0 Å². The number of fused-ring (bicyclic) bond motifs is 3. The second-order valence-electron chi connectivity index (χ2n) is 8.04. The highest BCUT2D eigenvalue weighted by Crippen LogP contribution is 2.48. The molecule has 2 aromatic rings. The van der Waals surface area contributed by atoms with E-state index in [4.69, 9.17) is 0 Å². The molecular weight excluding hydrogens is 340 g/mol. The summed E-state index contributed by atoms with van der Waals surface area (Å²) in [5.74, 6) is 2.06. The molecule has 0 aromatic heterocycles. The molecule has 3 aliphatic rings. The van der Waals surface area contributed by atoms with Gasteiger partial charge in [-0.25, -0.2) is 0 Å². The van der Waals surface area contributed by atoms with Crippen molar-refractivity contribution >= 4 is 16.5 Å². The molecule has 1 fully saturated rings. The first-order valence-corrected chi connectivity index (χ1v) is 11.2. The number of piperidine rings is 1. The number of nitrogens with one attached hydrogen (secondary N) is 1. The zero-order valence-electron chi connectivity index (χ0n) is 15.5. The van der Waals surface area contributed by atoms with Crippen LogP contribution in [0.25, 0.3) is 11.1 Å². The van der Waals surface area contributed by atoms with Gasteiger partial charge in [0.15, 0.2) is 0 Å². The molecule has 3 atom stereocenters. The van der Waals surface area contributed by atoms with E-state index in [2.05, 4.69) is 54.4 Å². The van der Waals surface area contributed by atoms with Crippen LogP contribution in [0.3, 0.4) is 0 Å². The van der Waals surface area contributed by atoms with Gasteiger partial charge in [0.2, 0.25) is 0 Å². The van der Waals surface area contributed by atoms with Crippen molar-refractivity contribution in [2.75, 3.05) is 30.3 Å². The molecule has 5 rings (SSSR count). The lowest BCUT2D eigenvalue weighted by Crippen LogP contribution is -2.45. The van der Waals surface area contributed by atoms with Crippen molar-refractivity contribution in [3.05, 3.63) is 52.6 Å². The molecule has 4 heteroatoms. The molecule has 136 valence electrons. The van der Waals surface area contributed by atoms with Crippen molar-refractivity contribution in [3.8, 4) is 11.1 Å². The predicted octanol–water partition coefficient (Wildman–Crippen LogP) is 3.50. The SMILES string of the molecule is Cc1ccc(-c2cc3c4c(c2)[C@@H]2CNCC[C@@H]2N4CCS(=O)C3)c(C)c1. The van der Waals surface area contributed by atoms with Gasteiger partial charge in [-0.3, -0.25) is 4.21 Å². The van der Waals surface area contributed by atoms with Crippen LogP contribution in [0.1, 0.15) is 34.6 Å². The smallest absolute Gasteiger partial charge is 0.0507 e. The minimum Gasteiger partial charge on any atom is -0.366 e. The number of benzene rings is 2. The van der Waals surface area contributed by atoms with Crippen molar-refractivity contribution in [1.29, 1.82) is 0 Å². The summed E-state index contributed by atoms with van der Waals surface area (Å²) in [4.78, 5) is 2.59. The average Bonchev–Trinajstić information content (AvgIpc) is 2.83. The molecule has 3 nitrogen and oxygen atoms in total. The highest BCUT2D eigenvalue weighted by atomic mass is 32.2. The predicted molar refractivity (Wildman–Crippen MR) is 109 cm³/mol. The maximum absolute atomic E-state index is 12.5. The van der Waals surface area contributed by atoms with Crippen molar-refractivity contribution < 1.29 is 4.21 Å². The first-order valence-electron chi connectivity index (χ1n) is 9.68. The molecule has 0 aliphatic carbocycles. The molecule has 26 heavy (non-hydrogen) atoms. The zero-order valence-corrected chi connectivity index (χ0v) is 16.4. The first-order chi connectivity index (χ1) is 12.6. The summed E-state index contributed by atoms with van der Waals surface area (Å²) >= 11 is 0. The summed E-state index contributed by atoms with van der Waals surface area (Å²) in [5, 5.41) is 3.60. The minimum absolute atomic E-state index is 0.565. The highest BCUT2D eigenvalue weighted by Gasteiger charge is 2.42. The van der Waals surface area contributed by atoms with E-state index in [1.807, 2.05) is 0 Å². The molecule has 0 bridgehead atoms. The number of hydrogen-bond acceptors (Lipinski definition) is 3. The maximum Gasteiger partial charge on any atom is 0.0507 e. The van der Waals surface area contributed by atoms with Crippen molar-refractivity contribution in [3.63, 3.8) is 0 Å². The molecule has 2 aromatic carbocycles. The summed E-state index contributed by atoms with van der Waals surface area (Å²) in [5.41, 5.74) is 9.40. The Balaban J connectivity index is 1.71. The third-order valence-corrected chi connectivity index (χ3v) is 7.59. The van der Waals surface area contributed by atoms with Crippen LogP contribution in [0.15, 0.2) is 30.3 Å². The van der Waals surface area contributed by atoms with E-state index in [0.29, 0.717) is 17.7 Å². The van der Waals surface area contributed by atoms with Crippen LogP contribution >= 0.6 is 0 Å². The van der Waals surface area contributed by atoms with E-state index in [-0.39, 0.29) is 0 Å². The third kappa shape index (κ3) is 2.54. The second-order valence-corrected chi connectivity index (χ2v) is 9.62. The summed E-state index contributed by atoms with van der Waals surface area (Å²) in [6.07, 6.45) is 1.18. The van der Waals surface area contributed by atoms with Gasteiger partial charge in [0, 0.05) is 47.3 Å². The number of nitrogens with zero attached hydrogens (tertiary/aromatic N) is 1. The van der Waals surface area contributed by atoms with Gasteiger partial charge in [-0.2, -0.15) is 0 Å². The molecule has 1 unspecified atom stereocenters. The Morgan fingerprint density at radius 2 is 2.08 bits per heavy atom. The molecule has 3 heterocycles. The third-order valence-electron chi connectivity index (χ3n) is 6.32. The van der Waals surface area contributed by atoms with Crippen LogP contribution in [0.5, 0.6) is 0 Å². The Morgan fingerprint density at radius 1 is 1.19 bits per heavy atom. The number of hydrogen-bond donors (Lipinski definition) is 1. The van der Waals surface area contributed by atoms with Crippen LogP contribution < -0.4 is 10.2 Å². The average molecular weight is 367 g/mol. The van der Waals surface area contributed by atoms with E-state index in [0.717, 1.165) is 25.4 Å². The monoisotopic (exact) mass is 366 g/mol. The summed E-state index contributed by atoms with van der Waals surface area (Å²) < 4.78 is 12.5. The van der Waals surface area contributed by atoms with Gasteiger partial charge >= 0.3 is 0 Å². The largest absolute Gasteiger partial charge is 0.366 e. The second kappa shape index (κ2) is 6.21. The molecule has 0 saturated carbocycles. The van der Waals surface area contributed by atoms with Crippen LogP contribution in [-0.2, 0) is 16.6 Å². The van der Waals surface area contributed by atoms with E-state index in [9.17, 15) is 4.21 Å². The molecule has 3 aliphatic heterocycles. The van der Waals surface area contributed by atoms with Crippen LogP contribution in [0.2, 0.25) is 0 Å². The van der Waals surface area contributed by atoms with Gasteiger partial charge in [0.25, 0.3) is 0 Å². The molecule has 0 spiro atoms. The fourth-order valence-electron chi connectivity index (χ4n) is 5.18. The summed E-state index contributed by atoms with van der Waals surface area (Å²) in [7, 11) is -0.757. The number of aryl methyl sites for hydroxylation is 2. The quantitative estimate of drug-likeness (QED) is 0.838. The van der Waals surface area contributed by atoms with Gasteiger partial charge in [-0.05, 0) is 66.8 Å². The topological polar surface area (TPSA) is 32.3 Å². The fourth-order valence-corrected chi connectivity index (χ4v) is 6.29. The first kappa shape index (κ1) is 16.5. The van der Waals surface area contributed by atoms with Crippen molar-refractivity contribution in [2.45, 2.75) is 38.0 Å².